The van der Waals surface area contributed by atoms with E-state index in [1.54, 1.807) is 18.2 Å². The summed E-state index contributed by atoms with van der Waals surface area (Å²) in [6, 6.07) is 10.6. The van der Waals surface area contributed by atoms with Gasteiger partial charge in [0.05, 0.1) is 0 Å². The number of carbonyl (C=O) groups excluding carboxylic acids is 2. The fraction of sp³-hybridized carbons (Fsp3) is 0.263. The molecule has 1 saturated carbocycles. The summed E-state index contributed by atoms with van der Waals surface area (Å²) in [7, 11) is 0. The molecule has 1 fully saturated rings. The Balaban J connectivity index is 1.75. The molecule has 0 aromatic heterocycles. The number of benzene rings is 2. The van der Waals surface area contributed by atoms with E-state index in [0.717, 1.165) is 16.8 Å². The highest BCUT2D eigenvalue weighted by atomic mass is 35.5. The van der Waals surface area contributed by atoms with Crippen molar-refractivity contribution in [1.29, 1.82) is 0 Å². The van der Waals surface area contributed by atoms with Crippen LogP contribution in [0.25, 0.3) is 0 Å². The van der Waals surface area contributed by atoms with Crippen molar-refractivity contribution in [2.45, 2.75) is 26.7 Å². The first kappa shape index (κ1) is 17.8. The smallest absolute Gasteiger partial charge is 0.240 e. The maximum Gasteiger partial charge on any atom is 0.240 e. The van der Waals surface area contributed by atoms with Crippen LogP contribution in [0.1, 0.15) is 24.0 Å². The van der Waals surface area contributed by atoms with E-state index < -0.39 is 5.41 Å². The van der Waals surface area contributed by atoms with Gasteiger partial charge >= 0.3 is 0 Å². The molecule has 2 N–H and O–H groups in total. The van der Waals surface area contributed by atoms with Crippen LogP contribution in [0.5, 0.6) is 0 Å². The summed E-state index contributed by atoms with van der Waals surface area (Å²) in [4.78, 5) is 25.3. The molecular formula is C19H18Cl2N2O2. The Kier molecular flexibility index (Phi) is 4.76. The minimum Gasteiger partial charge on any atom is -0.325 e. The highest BCUT2D eigenvalue weighted by Gasteiger charge is 2.56. The van der Waals surface area contributed by atoms with E-state index >= 15 is 0 Å². The minimum absolute atomic E-state index is 0.285. The molecule has 0 radical (unpaired) electrons. The van der Waals surface area contributed by atoms with E-state index in [9.17, 15) is 9.59 Å². The average Bonchev–Trinajstić information content (AvgIpc) is 3.31. The van der Waals surface area contributed by atoms with Crippen molar-refractivity contribution < 1.29 is 9.59 Å². The Morgan fingerprint density at radius 3 is 2.12 bits per heavy atom. The summed E-state index contributed by atoms with van der Waals surface area (Å²) < 4.78 is 0. The number of carbonyl (C=O) groups is 2. The molecule has 1 aliphatic rings. The molecule has 0 heterocycles. The van der Waals surface area contributed by atoms with Gasteiger partial charge in [0.2, 0.25) is 11.8 Å². The van der Waals surface area contributed by atoms with Gasteiger partial charge in [-0.1, -0.05) is 35.3 Å². The lowest BCUT2D eigenvalue weighted by Crippen LogP contribution is -2.35. The fourth-order valence-corrected chi connectivity index (χ4v) is 3.20. The maximum atomic E-state index is 12.7. The van der Waals surface area contributed by atoms with Gasteiger partial charge in [-0.3, -0.25) is 9.59 Å². The van der Waals surface area contributed by atoms with E-state index in [2.05, 4.69) is 10.6 Å². The van der Waals surface area contributed by atoms with Crippen molar-refractivity contribution in [2.75, 3.05) is 10.6 Å². The highest BCUT2D eigenvalue weighted by Crippen LogP contribution is 2.47. The van der Waals surface area contributed by atoms with Gasteiger partial charge in [0, 0.05) is 21.4 Å². The number of halogens is 2. The number of rotatable bonds is 4. The molecule has 6 heteroatoms. The molecule has 0 aliphatic heterocycles. The SMILES string of the molecule is Cc1ccc(C)c(NC(=O)C2(C(=O)Nc3cc(Cl)cc(Cl)c3)CC2)c1. The van der Waals surface area contributed by atoms with Gasteiger partial charge in [-0.2, -0.15) is 0 Å². The number of anilines is 2. The standard InChI is InChI=1S/C19H18Cl2N2O2/c1-11-3-4-12(2)16(7-11)23-18(25)19(5-6-19)17(24)22-15-9-13(20)8-14(21)10-15/h3-4,7-10H,5-6H2,1-2H3,(H,22,24)(H,23,25). The number of aryl methyl sites for hydroxylation is 2. The zero-order valence-electron chi connectivity index (χ0n) is 14.0. The third-order valence-electron chi connectivity index (χ3n) is 4.38. The molecule has 0 spiro atoms. The molecule has 0 unspecified atom stereocenters. The lowest BCUT2D eigenvalue weighted by molar-refractivity contribution is -0.131. The predicted molar refractivity (Wildman–Crippen MR) is 101 cm³/mol. The van der Waals surface area contributed by atoms with Crippen molar-refractivity contribution in [3.05, 3.63) is 57.6 Å². The van der Waals surface area contributed by atoms with Crippen LogP contribution in [0.2, 0.25) is 10.0 Å². The normalized spacial score (nSPS) is 14.7. The summed E-state index contributed by atoms with van der Waals surface area (Å²) in [5.74, 6) is -0.625. The monoisotopic (exact) mass is 376 g/mol. The predicted octanol–water partition coefficient (Wildman–Crippen LogP) is 4.97. The molecule has 130 valence electrons. The second kappa shape index (κ2) is 6.70. The Bertz CT molecular complexity index is 840. The van der Waals surface area contributed by atoms with Crippen molar-refractivity contribution in [2.24, 2.45) is 5.41 Å². The van der Waals surface area contributed by atoms with Crippen LogP contribution >= 0.6 is 23.2 Å². The molecule has 2 amide bonds. The Morgan fingerprint density at radius 1 is 0.920 bits per heavy atom. The van der Waals surface area contributed by atoms with Gasteiger partial charge in [-0.15, -0.1) is 0 Å². The molecule has 4 nitrogen and oxygen atoms in total. The van der Waals surface area contributed by atoms with Crippen molar-refractivity contribution in [3.8, 4) is 0 Å². The Hall–Kier alpha value is -2.04. The maximum absolute atomic E-state index is 12.7. The largest absolute Gasteiger partial charge is 0.325 e. The van der Waals surface area contributed by atoms with Crippen LogP contribution in [0, 0.1) is 19.3 Å². The molecule has 0 bridgehead atoms. The number of hydrogen-bond acceptors (Lipinski definition) is 2. The zero-order chi connectivity index (χ0) is 18.2. The van der Waals surface area contributed by atoms with Gasteiger partial charge in [0.1, 0.15) is 5.41 Å². The molecule has 1 aliphatic carbocycles. The second-order valence-electron chi connectivity index (χ2n) is 6.47. The van der Waals surface area contributed by atoms with Gasteiger partial charge in [0.15, 0.2) is 0 Å². The van der Waals surface area contributed by atoms with Crippen molar-refractivity contribution >= 4 is 46.4 Å². The molecule has 0 atom stereocenters. The first-order valence-corrected chi connectivity index (χ1v) is 8.72. The lowest BCUT2D eigenvalue weighted by atomic mass is 10.0. The first-order chi connectivity index (χ1) is 11.8. The number of nitrogens with one attached hydrogen (secondary N) is 2. The first-order valence-electron chi connectivity index (χ1n) is 7.96. The van der Waals surface area contributed by atoms with Crippen molar-refractivity contribution in [3.63, 3.8) is 0 Å². The van der Waals surface area contributed by atoms with E-state index in [1.165, 1.54) is 0 Å². The summed E-state index contributed by atoms with van der Waals surface area (Å²) in [6.07, 6.45) is 1.04. The van der Waals surface area contributed by atoms with E-state index in [-0.39, 0.29) is 11.8 Å². The zero-order valence-corrected chi connectivity index (χ0v) is 15.5. The third-order valence-corrected chi connectivity index (χ3v) is 4.82. The van der Waals surface area contributed by atoms with Crippen LogP contribution in [0.4, 0.5) is 11.4 Å². The van der Waals surface area contributed by atoms with Crippen LogP contribution in [-0.4, -0.2) is 11.8 Å². The van der Waals surface area contributed by atoms with Crippen LogP contribution in [0.3, 0.4) is 0 Å². The molecule has 2 aromatic rings. The Labute approximate surface area is 156 Å². The number of hydrogen-bond donors (Lipinski definition) is 2. The van der Waals surface area contributed by atoms with E-state index in [0.29, 0.717) is 28.6 Å². The number of amides is 2. The van der Waals surface area contributed by atoms with Gasteiger partial charge in [-0.05, 0) is 62.1 Å². The quantitative estimate of drug-likeness (QED) is 0.740. The summed E-state index contributed by atoms with van der Waals surface area (Å²) >= 11 is 11.9. The molecule has 0 saturated heterocycles. The van der Waals surface area contributed by atoms with Crippen LogP contribution < -0.4 is 10.6 Å². The minimum atomic E-state index is -1.04. The summed E-state index contributed by atoms with van der Waals surface area (Å²) in [5, 5.41) is 6.49. The van der Waals surface area contributed by atoms with Crippen molar-refractivity contribution in [1.82, 2.24) is 0 Å². The molecule has 25 heavy (non-hydrogen) atoms. The Morgan fingerprint density at radius 2 is 1.52 bits per heavy atom. The summed E-state index contributed by atoms with van der Waals surface area (Å²) in [6.45, 7) is 3.88. The van der Waals surface area contributed by atoms with E-state index in [4.69, 9.17) is 23.2 Å². The van der Waals surface area contributed by atoms with Gasteiger partial charge < -0.3 is 10.6 Å². The second-order valence-corrected chi connectivity index (χ2v) is 7.34. The highest BCUT2D eigenvalue weighted by molar-refractivity contribution is 6.35. The lowest BCUT2D eigenvalue weighted by Gasteiger charge is -2.17. The molecule has 3 rings (SSSR count). The summed E-state index contributed by atoms with van der Waals surface area (Å²) in [5.41, 5.74) is 2.18. The fourth-order valence-electron chi connectivity index (χ4n) is 2.67. The molecule has 2 aromatic carbocycles. The topological polar surface area (TPSA) is 58.2 Å². The molecular weight excluding hydrogens is 359 g/mol. The van der Waals surface area contributed by atoms with E-state index in [1.807, 2.05) is 32.0 Å². The third kappa shape index (κ3) is 3.80. The average molecular weight is 377 g/mol. The van der Waals surface area contributed by atoms with Gasteiger partial charge in [0.25, 0.3) is 0 Å². The van der Waals surface area contributed by atoms with Crippen LogP contribution in [-0.2, 0) is 9.59 Å². The van der Waals surface area contributed by atoms with Gasteiger partial charge in [-0.25, -0.2) is 0 Å². The van der Waals surface area contributed by atoms with Crippen LogP contribution in [0.15, 0.2) is 36.4 Å².